The van der Waals surface area contributed by atoms with Crippen LogP contribution in [0.15, 0.2) is 21.8 Å². The van der Waals surface area contributed by atoms with Crippen molar-refractivity contribution in [3.05, 3.63) is 11.8 Å². The van der Waals surface area contributed by atoms with Crippen LogP contribution in [0.5, 0.6) is 0 Å². The Morgan fingerprint density at radius 2 is 2.17 bits per heavy atom. The minimum Gasteiger partial charge on any atom is -0.293 e. The lowest BCUT2D eigenvalue weighted by Crippen LogP contribution is -1.80. The topological polar surface area (TPSA) is 24.7 Å². The molecule has 0 N–H and O–H groups in total. The molecule has 0 radical (unpaired) electrons. The van der Waals surface area contributed by atoms with Crippen molar-refractivity contribution >= 4 is 12.9 Å². The molecule has 0 unspecified atom stereocenters. The molecular formula is C10H18N2. The van der Waals surface area contributed by atoms with Crippen molar-refractivity contribution in [2.45, 2.75) is 33.1 Å². The standard InChI is InChI=1S/C10H18N2/c1-4-6-7-10(11-3)8-9-12-5-2/h8-9H,3-7H2,1-2H3/b10-8-,12-9?. The SMILES string of the molecule is C=N/C(=C\C=NCC)CCCC. The van der Waals surface area contributed by atoms with E-state index >= 15 is 0 Å². The van der Waals surface area contributed by atoms with Gasteiger partial charge in [0.2, 0.25) is 0 Å². The number of aliphatic imine (C=N–C) groups is 2. The van der Waals surface area contributed by atoms with E-state index in [1.807, 2.05) is 13.0 Å². The lowest BCUT2D eigenvalue weighted by Gasteiger charge is -1.96. The van der Waals surface area contributed by atoms with E-state index in [1.54, 1.807) is 6.21 Å². The zero-order valence-electron chi connectivity index (χ0n) is 8.08. The van der Waals surface area contributed by atoms with Gasteiger partial charge in [0.05, 0.1) is 0 Å². The van der Waals surface area contributed by atoms with Gasteiger partial charge in [-0.2, -0.15) is 0 Å². The van der Waals surface area contributed by atoms with Crippen LogP contribution < -0.4 is 0 Å². The first-order chi connectivity index (χ1) is 5.85. The van der Waals surface area contributed by atoms with E-state index in [9.17, 15) is 0 Å². The highest BCUT2D eigenvalue weighted by molar-refractivity contribution is 5.72. The molecule has 0 heterocycles. The van der Waals surface area contributed by atoms with Crippen LogP contribution in [0.4, 0.5) is 0 Å². The van der Waals surface area contributed by atoms with Gasteiger partial charge >= 0.3 is 0 Å². The second kappa shape index (κ2) is 8.18. The highest BCUT2D eigenvalue weighted by Gasteiger charge is 1.89. The molecule has 2 heteroatoms. The second-order valence-corrected chi connectivity index (χ2v) is 2.57. The van der Waals surface area contributed by atoms with Crippen molar-refractivity contribution in [2.75, 3.05) is 6.54 Å². The van der Waals surface area contributed by atoms with Crippen molar-refractivity contribution in [3.8, 4) is 0 Å². The molecule has 68 valence electrons. The Hall–Kier alpha value is -0.920. The van der Waals surface area contributed by atoms with Gasteiger partial charge in [0.15, 0.2) is 0 Å². The number of hydrogen-bond donors (Lipinski definition) is 0. The smallest absolute Gasteiger partial charge is 0.0411 e. The Morgan fingerprint density at radius 3 is 2.67 bits per heavy atom. The van der Waals surface area contributed by atoms with E-state index in [0.29, 0.717) is 0 Å². The Labute approximate surface area is 75.1 Å². The van der Waals surface area contributed by atoms with Gasteiger partial charge in [-0.15, -0.1) is 0 Å². The molecule has 0 saturated heterocycles. The Bertz CT molecular complexity index is 169. The summed E-state index contributed by atoms with van der Waals surface area (Å²) in [5, 5.41) is 0. The van der Waals surface area contributed by atoms with Gasteiger partial charge in [-0.3, -0.25) is 9.98 Å². The molecule has 0 aliphatic rings. The average molecular weight is 166 g/mol. The van der Waals surface area contributed by atoms with Crippen molar-refractivity contribution in [3.63, 3.8) is 0 Å². The normalized spacial score (nSPS) is 12.3. The number of hydrogen-bond acceptors (Lipinski definition) is 2. The van der Waals surface area contributed by atoms with E-state index in [2.05, 4.69) is 23.6 Å². The van der Waals surface area contributed by atoms with Crippen molar-refractivity contribution in [2.24, 2.45) is 9.98 Å². The third-order valence-corrected chi connectivity index (χ3v) is 1.54. The number of allylic oxidation sites excluding steroid dienone is 2. The van der Waals surface area contributed by atoms with Crippen LogP contribution in [-0.4, -0.2) is 19.5 Å². The first kappa shape index (κ1) is 11.1. The molecule has 0 bridgehead atoms. The fraction of sp³-hybridized carbons (Fsp3) is 0.600. The molecule has 0 aromatic heterocycles. The van der Waals surface area contributed by atoms with Crippen LogP contribution in [0.2, 0.25) is 0 Å². The van der Waals surface area contributed by atoms with E-state index in [1.165, 1.54) is 12.8 Å². The second-order valence-electron chi connectivity index (χ2n) is 2.57. The summed E-state index contributed by atoms with van der Waals surface area (Å²) in [4.78, 5) is 8.00. The largest absolute Gasteiger partial charge is 0.293 e. The molecule has 0 aromatic carbocycles. The van der Waals surface area contributed by atoms with Crippen LogP contribution in [0, 0.1) is 0 Å². The number of unbranched alkanes of at least 4 members (excludes halogenated alkanes) is 1. The monoisotopic (exact) mass is 166 g/mol. The Balaban J connectivity index is 3.86. The van der Waals surface area contributed by atoms with E-state index in [0.717, 1.165) is 18.7 Å². The van der Waals surface area contributed by atoms with Crippen LogP contribution >= 0.6 is 0 Å². The summed E-state index contributed by atoms with van der Waals surface area (Å²) < 4.78 is 0. The van der Waals surface area contributed by atoms with Gasteiger partial charge in [-0.05, 0) is 32.6 Å². The summed E-state index contributed by atoms with van der Waals surface area (Å²) in [6.07, 6.45) is 7.12. The first-order valence-electron chi connectivity index (χ1n) is 4.50. The molecule has 0 amide bonds. The highest BCUT2D eigenvalue weighted by atomic mass is 14.7. The first-order valence-corrected chi connectivity index (χ1v) is 4.50. The van der Waals surface area contributed by atoms with E-state index in [4.69, 9.17) is 0 Å². The molecule has 0 aliphatic carbocycles. The zero-order valence-corrected chi connectivity index (χ0v) is 8.08. The van der Waals surface area contributed by atoms with Gasteiger partial charge in [0.1, 0.15) is 0 Å². The summed E-state index contributed by atoms with van der Waals surface area (Å²) in [6, 6.07) is 0. The summed E-state index contributed by atoms with van der Waals surface area (Å²) in [5.41, 5.74) is 1.04. The number of nitrogens with zero attached hydrogens (tertiary/aromatic N) is 2. The Kier molecular flexibility index (Phi) is 7.55. The van der Waals surface area contributed by atoms with Crippen LogP contribution in [-0.2, 0) is 0 Å². The molecule has 12 heavy (non-hydrogen) atoms. The minimum atomic E-state index is 0.828. The van der Waals surface area contributed by atoms with Crippen LogP contribution in [0.3, 0.4) is 0 Å². The highest BCUT2D eigenvalue weighted by Crippen LogP contribution is 2.06. The summed E-state index contributed by atoms with van der Waals surface area (Å²) in [6.45, 7) is 8.52. The van der Waals surface area contributed by atoms with Gasteiger partial charge in [-0.25, -0.2) is 0 Å². The third kappa shape index (κ3) is 5.83. The fourth-order valence-electron chi connectivity index (χ4n) is 0.817. The number of rotatable bonds is 6. The molecule has 0 spiro atoms. The molecule has 0 aromatic rings. The predicted molar refractivity (Wildman–Crippen MR) is 56.2 cm³/mol. The maximum atomic E-state index is 4.08. The molecule has 0 rings (SSSR count). The predicted octanol–water partition coefficient (Wildman–Crippen LogP) is 2.85. The molecular weight excluding hydrogens is 148 g/mol. The maximum absolute atomic E-state index is 4.08. The van der Waals surface area contributed by atoms with E-state index in [-0.39, 0.29) is 0 Å². The molecule has 0 fully saturated rings. The molecule has 0 aliphatic heterocycles. The lowest BCUT2D eigenvalue weighted by molar-refractivity contribution is 0.783. The van der Waals surface area contributed by atoms with Crippen molar-refractivity contribution in [1.82, 2.24) is 0 Å². The summed E-state index contributed by atoms with van der Waals surface area (Å²) in [7, 11) is 0. The van der Waals surface area contributed by atoms with Gasteiger partial charge in [0, 0.05) is 18.5 Å². The van der Waals surface area contributed by atoms with Gasteiger partial charge in [0.25, 0.3) is 0 Å². The van der Waals surface area contributed by atoms with Crippen molar-refractivity contribution in [1.29, 1.82) is 0 Å². The average Bonchev–Trinajstić information content (AvgIpc) is 2.11. The maximum Gasteiger partial charge on any atom is 0.0411 e. The summed E-state index contributed by atoms with van der Waals surface area (Å²) in [5.74, 6) is 0. The van der Waals surface area contributed by atoms with Crippen LogP contribution in [0.25, 0.3) is 0 Å². The Morgan fingerprint density at radius 1 is 1.42 bits per heavy atom. The molecule has 2 nitrogen and oxygen atoms in total. The molecule has 0 saturated carbocycles. The lowest BCUT2D eigenvalue weighted by atomic mass is 10.2. The van der Waals surface area contributed by atoms with Gasteiger partial charge < -0.3 is 0 Å². The molecule has 0 atom stereocenters. The van der Waals surface area contributed by atoms with Gasteiger partial charge in [-0.1, -0.05) is 13.3 Å². The summed E-state index contributed by atoms with van der Waals surface area (Å²) >= 11 is 0. The van der Waals surface area contributed by atoms with Crippen LogP contribution in [0.1, 0.15) is 33.1 Å². The fourth-order valence-corrected chi connectivity index (χ4v) is 0.817. The zero-order chi connectivity index (χ0) is 9.23. The minimum absolute atomic E-state index is 0.828. The van der Waals surface area contributed by atoms with Crippen molar-refractivity contribution < 1.29 is 0 Å². The third-order valence-electron chi connectivity index (χ3n) is 1.54. The van der Waals surface area contributed by atoms with E-state index < -0.39 is 0 Å². The quantitative estimate of drug-likeness (QED) is 0.542.